The molecule has 1 spiro atoms. The standard InChI is InChI=1S/C35H48N2O6/c1-4-7-14-22-42-33(41)29-28-31(39)37(27(24-38)23-25-15-10-8-11-16-25)30(35(28)20-19-34(29,6-3)43-35)32(40)36(21-5-2)26-17-12-9-13-18-26/h4-5,8,10-11,15-16,26-30,38H,1-2,6-7,9,12-14,17-24H2,3H3/t27-,28+,29-,30?,34+,35?/m1/s1. The molecule has 1 aliphatic carbocycles. The van der Waals surface area contributed by atoms with E-state index in [0.717, 1.165) is 44.1 Å². The van der Waals surface area contributed by atoms with E-state index < -0.39 is 41.1 Å². The monoisotopic (exact) mass is 592 g/mol. The lowest BCUT2D eigenvalue weighted by atomic mass is 9.65. The first-order chi connectivity index (χ1) is 20.9. The van der Waals surface area contributed by atoms with E-state index in [1.54, 1.807) is 17.1 Å². The molecule has 2 bridgehead atoms. The van der Waals surface area contributed by atoms with Gasteiger partial charge in [-0.15, -0.1) is 13.2 Å². The second-order valence-electron chi connectivity index (χ2n) is 12.8. The van der Waals surface area contributed by atoms with Gasteiger partial charge in [-0.1, -0.05) is 68.7 Å². The van der Waals surface area contributed by atoms with Gasteiger partial charge >= 0.3 is 5.97 Å². The third-order valence-corrected chi connectivity index (χ3v) is 10.4. The van der Waals surface area contributed by atoms with E-state index in [0.29, 0.717) is 38.6 Å². The summed E-state index contributed by atoms with van der Waals surface area (Å²) in [6, 6.07) is 8.16. The van der Waals surface area contributed by atoms with E-state index in [-0.39, 0.29) is 31.1 Å². The molecule has 43 heavy (non-hydrogen) atoms. The predicted octanol–water partition coefficient (Wildman–Crippen LogP) is 4.60. The summed E-state index contributed by atoms with van der Waals surface area (Å²) < 4.78 is 12.7. The van der Waals surface area contributed by atoms with Crippen molar-refractivity contribution in [1.29, 1.82) is 0 Å². The number of allylic oxidation sites excluding steroid dienone is 1. The zero-order valence-corrected chi connectivity index (χ0v) is 25.6. The number of benzene rings is 1. The average Bonchev–Trinajstić information content (AvgIpc) is 3.65. The molecule has 3 saturated heterocycles. The minimum absolute atomic E-state index is 0.0534. The van der Waals surface area contributed by atoms with Gasteiger partial charge in [-0.3, -0.25) is 14.4 Å². The van der Waals surface area contributed by atoms with Gasteiger partial charge in [0.1, 0.15) is 17.6 Å². The molecule has 1 N–H and O–H groups in total. The summed E-state index contributed by atoms with van der Waals surface area (Å²) in [5, 5.41) is 10.7. The number of ether oxygens (including phenoxy) is 2. The summed E-state index contributed by atoms with van der Waals surface area (Å²) in [6.45, 7) is 9.97. The summed E-state index contributed by atoms with van der Waals surface area (Å²) in [4.78, 5) is 46.9. The molecule has 1 aromatic rings. The van der Waals surface area contributed by atoms with E-state index in [9.17, 15) is 19.5 Å². The first kappa shape index (κ1) is 31.5. The lowest BCUT2D eigenvalue weighted by Crippen LogP contribution is -2.60. The molecule has 1 saturated carbocycles. The molecular formula is C35H48N2O6. The molecule has 2 amide bonds. The van der Waals surface area contributed by atoms with Crippen LogP contribution in [-0.2, 0) is 30.3 Å². The smallest absolute Gasteiger partial charge is 0.312 e. The van der Waals surface area contributed by atoms with Crippen molar-refractivity contribution in [2.45, 2.75) is 107 Å². The van der Waals surface area contributed by atoms with Crippen LogP contribution in [0.15, 0.2) is 55.6 Å². The van der Waals surface area contributed by atoms with Crippen LogP contribution in [0.1, 0.15) is 76.7 Å². The van der Waals surface area contributed by atoms with Crippen LogP contribution in [-0.4, -0.2) is 81.8 Å². The highest BCUT2D eigenvalue weighted by atomic mass is 16.6. The van der Waals surface area contributed by atoms with Crippen LogP contribution < -0.4 is 0 Å². The summed E-state index contributed by atoms with van der Waals surface area (Å²) >= 11 is 0. The third kappa shape index (κ3) is 5.57. The van der Waals surface area contributed by atoms with Gasteiger partial charge in [0.2, 0.25) is 11.8 Å². The van der Waals surface area contributed by atoms with Gasteiger partial charge in [0.05, 0.1) is 30.8 Å². The first-order valence-corrected chi connectivity index (χ1v) is 16.2. The fourth-order valence-corrected chi connectivity index (χ4v) is 8.42. The summed E-state index contributed by atoms with van der Waals surface area (Å²) in [6.07, 6.45) is 12.0. The van der Waals surface area contributed by atoms with Gasteiger partial charge < -0.3 is 24.4 Å². The summed E-state index contributed by atoms with van der Waals surface area (Å²) in [7, 11) is 0. The Balaban J connectivity index is 1.56. The van der Waals surface area contributed by atoms with E-state index in [1.165, 1.54) is 0 Å². The van der Waals surface area contributed by atoms with Crippen molar-refractivity contribution >= 4 is 17.8 Å². The molecule has 4 fully saturated rings. The number of hydrogen-bond donors (Lipinski definition) is 1. The number of aliphatic hydroxyl groups excluding tert-OH is 1. The number of rotatable bonds is 14. The minimum Gasteiger partial charge on any atom is -0.465 e. The molecule has 5 rings (SSSR count). The molecular weight excluding hydrogens is 544 g/mol. The Morgan fingerprint density at radius 2 is 1.91 bits per heavy atom. The Morgan fingerprint density at radius 1 is 1.16 bits per heavy atom. The topological polar surface area (TPSA) is 96.4 Å². The largest absolute Gasteiger partial charge is 0.465 e. The normalized spacial score (nSPS) is 30.6. The van der Waals surface area contributed by atoms with Crippen molar-refractivity contribution in [3.63, 3.8) is 0 Å². The number of likely N-dealkylation sites (tertiary alicyclic amines) is 1. The molecule has 8 heteroatoms. The minimum atomic E-state index is -1.16. The average molecular weight is 593 g/mol. The van der Waals surface area contributed by atoms with Crippen LogP contribution in [0.3, 0.4) is 0 Å². The zero-order chi connectivity index (χ0) is 30.6. The summed E-state index contributed by atoms with van der Waals surface area (Å²) in [5.74, 6) is -2.54. The Labute approximate surface area is 256 Å². The number of esters is 1. The van der Waals surface area contributed by atoms with Gasteiger partial charge in [0.25, 0.3) is 0 Å². The van der Waals surface area contributed by atoms with Gasteiger partial charge in [-0.05, 0) is 56.9 Å². The molecule has 1 aromatic carbocycles. The van der Waals surface area contributed by atoms with E-state index in [2.05, 4.69) is 13.2 Å². The molecule has 6 atom stereocenters. The fourth-order valence-electron chi connectivity index (χ4n) is 8.42. The maximum Gasteiger partial charge on any atom is 0.312 e. The molecule has 0 radical (unpaired) electrons. The molecule has 2 unspecified atom stereocenters. The molecule has 4 aliphatic rings. The number of fused-ring (bicyclic) bond motifs is 1. The van der Waals surface area contributed by atoms with Crippen molar-refractivity contribution in [1.82, 2.24) is 9.80 Å². The Hall–Kier alpha value is -2.97. The van der Waals surface area contributed by atoms with Crippen LogP contribution >= 0.6 is 0 Å². The number of carbonyl (C=O) groups excluding carboxylic acids is 3. The third-order valence-electron chi connectivity index (χ3n) is 10.4. The van der Waals surface area contributed by atoms with E-state index in [1.807, 2.05) is 42.2 Å². The van der Waals surface area contributed by atoms with E-state index in [4.69, 9.17) is 9.47 Å². The highest BCUT2D eigenvalue weighted by Gasteiger charge is 2.79. The molecule has 3 aliphatic heterocycles. The van der Waals surface area contributed by atoms with Crippen LogP contribution in [0.4, 0.5) is 0 Å². The lowest BCUT2D eigenvalue weighted by Gasteiger charge is -2.42. The number of unbranched alkanes of at least 4 members (excludes halogenated alkanes) is 1. The van der Waals surface area contributed by atoms with Crippen LogP contribution in [0.25, 0.3) is 0 Å². The molecule has 8 nitrogen and oxygen atoms in total. The number of nitrogens with zero attached hydrogens (tertiary/aromatic N) is 2. The van der Waals surface area contributed by atoms with Crippen LogP contribution in [0.5, 0.6) is 0 Å². The number of carbonyl (C=O) groups is 3. The van der Waals surface area contributed by atoms with Gasteiger partial charge in [-0.2, -0.15) is 0 Å². The van der Waals surface area contributed by atoms with E-state index >= 15 is 0 Å². The summed E-state index contributed by atoms with van der Waals surface area (Å²) in [5.41, 5.74) is -1.06. The van der Waals surface area contributed by atoms with Gasteiger partial charge in [-0.25, -0.2) is 0 Å². The highest BCUT2D eigenvalue weighted by molar-refractivity contribution is 5.99. The van der Waals surface area contributed by atoms with Crippen molar-refractivity contribution in [2.24, 2.45) is 11.8 Å². The second kappa shape index (κ2) is 13.3. The fraction of sp³-hybridized carbons (Fsp3) is 0.629. The van der Waals surface area contributed by atoms with Crippen molar-refractivity contribution in [3.05, 3.63) is 61.2 Å². The van der Waals surface area contributed by atoms with Crippen LogP contribution in [0, 0.1) is 11.8 Å². The second-order valence-corrected chi connectivity index (χ2v) is 12.8. The van der Waals surface area contributed by atoms with Gasteiger partial charge in [0.15, 0.2) is 0 Å². The Kier molecular flexibility index (Phi) is 9.76. The quantitative estimate of drug-likeness (QED) is 0.193. The Morgan fingerprint density at radius 3 is 2.56 bits per heavy atom. The molecule has 234 valence electrons. The molecule has 3 heterocycles. The van der Waals surface area contributed by atoms with Crippen LogP contribution in [0.2, 0.25) is 0 Å². The maximum absolute atomic E-state index is 14.9. The molecule has 0 aromatic heterocycles. The Bertz CT molecular complexity index is 1180. The predicted molar refractivity (Wildman–Crippen MR) is 164 cm³/mol. The highest BCUT2D eigenvalue weighted by Crippen LogP contribution is 2.65. The first-order valence-electron chi connectivity index (χ1n) is 16.2. The number of amides is 2. The van der Waals surface area contributed by atoms with Gasteiger partial charge in [0, 0.05) is 12.6 Å². The van der Waals surface area contributed by atoms with Crippen molar-refractivity contribution < 1.29 is 29.0 Å². The maximum atomic E-state index is 14.9. The van der Waals surface area contributed by atoms with Crippen molar-refractivity contribution in [2.75, 3.05) is 19.8 Å². The number of aliphatic hydroxyl groups is 1. The number of hydrogen-bond acceptors (Lipinski definition) is 6. The van der Waals surface area contributed by atoms with Crippen molar-refractivity contribution in [3.8, 4) is 0 Å². The zero-order valence-electron chi connectivity index (χ0n) is 25.6. The lowest BCUT2D eigenvalue weighted by molar-refractivity contribution is -0.164. The SMILES string of the molecule is C=CCCCOC(=O)[C@H]1[C@H]2C(=O)N([C@@H](CO)Cc3ccccc3)C(C(=O)N(CC=C)C3CCCCC3)C23CC[C@]1(CC)O3.